The van der Waals surface area contributed by atoms with E-state index in [1.165, 1.54) is 12.1 Å². The van der Waals surface area contributed by atoms with Crippen LogP contribution in [0.3, 0.4) is 0 Å². The second-order valence-corrected chi connectivity index (χ2v) is 6.11. The molecule has 1 heterocycles. The molecule has 0 spiro atoms. The molecule has 106 valence electrons. The van der Waals surface area contributed by atoms with Gasteiger partial charge in [0.1, 0.15) is 5.82 Å². The van der Waals surface area contributed by atoms with E-state index < -0.39 is 0 Å². The molecule has 0 saturated heterocycles. The van der Waals surface area contributed by atoms with Crippen LogP contribution in [-0.2, 0) is 5.75 Å². The number of nitrogens with zero attached hydrogens (tertiary/aromatic N) is 2. The molecule has 2 atom stereocenters. The first-order valence-corrected chi connectivity index (χ1v) is 7.65. The molecule has 1 saturated carbocycles. The largest absolute Gasteiger partial charge is 0.339 e. The van der Waals surface area contributed by atoms with Crippen molar-refractivity contribution in [2.24, 2.45) is 5.73 Å². The molecule has 6 heteroatoms. The highest BCUT2D eigenvalue weighted by Crippen LogP contribution is 2.33. The first-order chi connectivity index (χ1) is 9.70. The molecule has 1 aliphatic carbocycles. The molecule has 3 rings (SSSR count). The van der Waals surface area contributed by atoms with Gasteiger partial charge in [-0.15, -0.1) is 11.8 Å². The zero-order valence-electron chi connectivity index (χ0n) is 11.0. The Morgan fingerprint density at radius 3 is 2.80 bits per heavy atom. The van der Waals surface area contributed by atoms with E-state index in [1.807, 2.05) is 0 Å². The van der Waals surface area contributed by atoms with Crippen molar-refractivity contribution in [3.8, 4) is 0 Å². The molecule has 1 aromatic heterocycles. The van der Waals surface area contributed by atoms with Crippen molar-refractivity contribution in [3.63, 3.8) is 0 Å². The number of nitrogens with two attached hydrogens (primary N) is 1. The lowest BCUT2D eigenvalue weighted by Crippen LogP contribution is -2.14. The maximum atomic E-state index is 12.8. The molecular formula is C14H16FN3OS. The van der Waals surface area contributed by atoms with Crippen LogP contribution in [0, 0.1) is 5.82 Å². The van der Waals surface area contributed by atoms with Gasteiger partial charge in [-0.1, -0.05) is 5.16 Å². The molecular weight excluding hydrogens is 277 g/mol. The predicted octanol–water partition coefficient (Wildman–Crippen LogP) is 3.10. The molecule has 1 aliphatic rings. The second kappa shape index (κ2) is 5.93. The van der Waals surface area contributed by atoms with E-state index >= 15 is 0 Å². The van der Waals surface area contributed by atoms with Crippen LogP contribution in [0.25, 0.3) is 0 Å². The number of hydrogen-bond acceptors (Lipinski definition) is 5. The summed E-state index contributed by atoms with van der Waals surface area (Å²) >= 11 is 1.56. The Morgan fingerprint density at radius 2 is 2.10 bits per heavy atom. The molecule has 2 unspecified atom stereocenters. The highest BCUT2D eigenvalue weighted by Gasteiger charge is 2.27. The van der Waals surface area contributed by atoms with E-state index in [4.69, 9.17) is 10.3 Å². The van der Waals surface area contributed by atoms with Gasteiger partial charge in [0.2, 0.25) is 5.89 Å². The van der Waals surface area contributed by atoms with Crippen molar-refractivity contribution in [1.82, 2.24) is 10.1 Å². The number of halogens is 1. The maximum Gasteiger partial charge on any atom is 0.229 e. The van der Waals surface area contributed by atoms with Gasteiger partial charge in [0.25, 0.3) is 0 Å². The minimum atomic E-state index is -0.228. The summed E-state index contributed by atoms with van der Waals surface area (Å²) in [5.74, 6) is 2.08. The average Bonchev–Trinajstić information content (AvgIpc) is 3.07. The highest BCUT2D eigenvalue weighted by atomic mass is 32.2. The summed E-state index contributed by atoms with van der Waals surface area (Å²) < 4.78 is 18.1. The second-order valence-electron chi connectivity index (χ2n) is 5.06. The lowest BCUT2D eigenvalue weighted by Gasteiger charge is -2.01. The summed E-state index contributed by atoms with van der Waals surface area (Å²) in [6.45, 7) is 0. The minimum Gasteiger partial charge on any atom is -0.339 e. The van der Waals surface area contributed by atoms with E-state index in [0.29, 0.717) is 23.4 Å². The first kappa shape index (κ1) is 13.6. The standard InChI is InChI=1S/C14H16FN3OS/c15-10-2-5-12(6-3-10)20-8-13-17-14(19-18-13)9-1-4-11(16)7-9/h2-3,5-6,9,11H,1,4,7-8,16H2. The van der Waals surface area contributed by atoms with Crippen molar-refractivity contribution >= 4 is 11.8 Å². The number of aromatic nitrogens is 2. The van der Waals surface area contributed by atoms with Gasteiger partial charge in [0.05, 0.1) is 5.75 Å². The van der Waals surface area contributed by atoms with E-state index in [0.717, 1.165) is 24.2 Å². The zero-order chi connectivity index (χ0) is 13.9. The van der Waals surface area contributed by atoms with Crippen LogP contribution in [-0.4, -0.2) is 16.2 Å². The Kier molecular flexibility index (Phi) is 4.03. The smallest absolute Gasteiger partial charge is 0.229 e. The molecule has 4 nitrogen and oxygen atoms in total. The van der Waals surface area contributed by atoms with Crippen LogP contribution in [0.1, 0.15) is 36.9 Å². The fourth-order valence-corrected chi connectivity index (χ4v) is 3.15. The maximum absolute atomic E-state index is 12.8. The van der Waals surface area contributed by atoms with E-state index in [9.17, 15) is 4.39 Å². The Morgan fingerprint density at radius 1 is 1.30 bits per heavy atom. The first-order valence-electron chi connectivity index (χ1n) is 6.67. The number of hydrogen-bond donors (Lipinski definition) is 1. The van der Waals surface area contributed by atoms with Gasteiger partial charge < -0.3 is 10.3 Å². The summed E-state index contributed by atoms with van der Waals surface area (Å²) in [6, 6.07) is 6.64. The SMILES string of the molecule is NC1CCC(c2nc(CSc3ccc(F)cc3)no2)C1. The van der Waals surface area contributed by atoms with Crippen LogP contribution < -0.4 is 5.73 Å². The Labute approximate surface area is 120 Å². The Balaban J connectivity index is 1.58. The van der Waals surface area contributed by atoms with Crippen molar-refractivity contribution in [2.45, 2.75) is 41.9 Å². The summed E-state index contributed by atoms with van der Waals surface area (Å²) in [5, 5.41) is 4.00. The summed E-state index contributed by atoms with van der Waals surface area (Å²) in [4.78, 5) is 5.42. The molecule has 0 radical (unpaired) electrons. The molecule has 2 N–H and O–H groups in total. The molecule has 2 aromatic rings. The predicted molar refractivity (Wildman–Crippen MR) is 74.8 cm³/mol. The van der Waals surface area contributed by atoms with E-state index in [2.05, 4.69) is 10.1 Å². The number of benzene rings is 1. The van der Waals surface area contributed by atoms with Crippen LogP contribution in [0.5, 0.6) is 0 Å². The molecule has 1 aromatic carbocycles. The lowest BCUT2D eigenvalue weighted by molar-refractivity contribution is 0.350. The van der Waals surface area contributed by atoms with E-state index in [1.54, 1.807) is 23.9 Å². The molecule has 1 fully saturated rings. The van der Waals surface area contributed by atoms with Gasteiger partial charge >= 0.3 is 0 Å². The zero-order valence-corrected chi connectivity index (χ0v) is 11.8. The van der Waals surface area contributed by atoms with Gasteiger partial charge in [-0.05, 0) is 43.5 Å². The lowest BCUT2D eigenvalue weighted by atomic mass is 10.1. The normalized spacial score (nSPS) is 22.3. The van der Waals surface area contributed by atoms with Gasteiger partial charge in [-0.25, -0.2) is 4.39 Å². The Bertz CT molecular complexity index is 572. The van der Waals surface area contributed by atoms with Crippen molar-refractivity contribution in [3.05, 3.63) is 41.8 Å². The summed E-state index contributed by atoms with van der Waals surface area (Å²) in [6.07, 6.45) is 2.97. The van der Waals surface area contributed by atoms with Crippen LogP contribution >= 0.6 is 11.8 Å². The average molecular weight is 293 g/mol. The van der Waals surface area contributed by atoms with Gasteiger partial charge in [0, 0.05) is 16.9 Å². The van der Waals surface area contributed by atoms with E-state index in [-0.39, 0.29) is 11.9 Å². The van der Waals surface area contributed by atoms with Gasteiger partial charge in [-0.2, -0.15) is 4.98 Å². The quantitative estimate of drug-likeness (QED) is 0.877. The Hall–Kier alpha value is -1.40. The molecule has 0 amide bonds. The summed E-state index contributed by atoms with van der Waals surface area (Å²) in [7, 11) is 0. The van der Waals surface area contributed by atoms with Crippen molar-refractivity contribution in [1.29, 1.82) is 0 Å². The topological polar surface area (TPSA) is 64.9 Å². The van der Waals surface area contributed by atoms with Crippen LogP contribution in [0.15, 0.2) is 33.7 Å². The molecule has 20 heavy (non-hydrogen) atoms. The molecule has 0 bridgehead atoms. The monoisotopic (exact) mass is 293 g/mol. The third-order valence-electron chi connectivity index (χ3n) is 3.49. The van der Waals surface area contributed by atoms with Crippen molar-refractivity contribution < 1.29 is 8.91 Å². The fourth-order valence-electron chi connectivity index (χ4n) is 2.41. The fraction of sp³-hybridized carbons (Fsp3) is 0.429. The van der Waals surface area contributed by atoms with Gasteiger partial charge in [0.15, 0.2) is 5.82 Å². The minimum absolute atomic E-state index is 0.228. The number of thioether (sulfide) groups is 1. The third-order valence-corrected chi connectivity index (χ3v) is 4.50. The highest BCUT2D eigenvalue weighted by molar-refractivity contribution is 7.98. The number of rotatable bonds is 4. The summed E-state index contributed by atoms with van der Waals surface area (Å²) in [5.41, 5.74) is 5.89. The van der Waals surface area contributed by atoms with Crippen LogP contribution in [0.4, 0.5) is 4.39 Å². The third kappa shape index (κ3) is 3.19. The van der Waals surface area contributed by atoms with Crippen molar-refractivity contribution in [2.75, 3.05) is 0 Å². The molecule has 0 aliphatic heterocycles. The van der Waals surface area contributed by atoms with Gasteiger partial charge in [-0.3, -0.25) is 0 Å². The van der Waals surface area contributed by atoms with Crippen LogP contribution in [0.2, 0.25) is 0 Å².